The minimum Gasteiger partial charge on any atom is -0.459 e. The number of fused-ring (bicyclic) bond motifs is 1. The molecule has 7 nitrogen and oxygen atoms in total. The summed E-state index contributed by atoms with van der Waals surface area (Å²) in [6.45, 7) is 4.27. The van der Waals surface area contributed by atoms with Crippen LogP contribution in [0, 0.1) is 5.92 Å². The van der Waals surface area contributed by atoms with Crippen LogP contribution >= 0.6 is 0 Å². The molecule has 7 heteroatoms. The summed E-state index contributed by atoms with van der Waals surface area (Å²) >= 11 is 0. The van der Waals surface area contributed by atoms with Gasteiger partial charge >= 0.3 is 0 Å². The van der Waals surface area contributed by atoms with Gasteiger partial charge in [0.1, 0.15) is 12.1 Å². The molecule has 0 aromatic carbocycles. The molecule has 3 unspecified atom stereocenters. The van der Waals surface area contributed by atoms with Crippen LogP contribution in [-0.2, 0) is 9.59 Å². The first-order valence-electron chi connectivity index (χ1n) is 7.44. The molecule has 0 saturated carbocycles. The van der Waals surface area contributed by atoms with Crippen LogP contribution in [0.2, 0.25) is 0 Å². The van der Waals surface area contributed by atoms with Gasteiger partial charge in [-0.1, -0.05) is 13.8 Å². The van der Waals surface area contributed by atoms with Crippen LogP contribution in [0.4, 0.5) is 0 Å². The Hall–Kier alpha value is -2.31. The van der Waals surface area contributed by atoms with Crippen LogP contribution in [0.1, 0.15) is 30.8 Å². The zero-order valence-corrected chi connectivity index (χ0v) is 12.5. The lowest BCUT2D eigenvalue weighted by Gasteiger charge is -2.37. The van der Waals surface area contributed by atoms with Crippen LogP contribution in [-0.4, -0.2) is 47.3 Å². The number of rotatable bonds is 3. The van der Waals surface area contributed by atoms with E-state index in [-0.39, 0.29) is 29.4 Å². The summed E-state index contributed by atoms with van der Waals surface area (Å²) in [7, 11) is 0. The predicted octanol–water partition coefficient (Wildman–Crippen LogP) is 0.133. The maximum Gasteiger partial charge on any atom is 0.287 e. The third kappa shape index (κ3) is 2.36. The maximum absolute atomic E-state index is 12.4. The van der Waals surface area contributed by atoms with Gasteiger partial charge in [-0.2, -0.15) is 0 Å². The number of hydrogen-bond acceptors (Lipinski definition) is 4. The molecule has 0 radical (unpaired) electrons. The summed E-state index contributed by atoms with van der Waals surface area (Å²) in [5.41, 5.74) is 0. The molecule has 0 bridgehead atoms. The van der Waals surface area contributed by atoms with Crippen LogP contribution in [0.25, 0.3) is 0 Å². The van der Waals surface area contributed by atoms with E-state index >= 15 is 0 Å². The number of carbonyl (C=O) groups is 3. The summed E-state index contributed by atoms with van der Waals surface area (Å²) in [4.78, 5) is 38.4. The van der Waals surface area contributed by atoms with Crippen molar-refractivity contribution in [3.05, 3.63) is 24.2 Å². The van der Waals surface area contributed by atoms with Crippen molar-refractivity contribution < 1.29 is 18.8 Å². The van der Waals surface area contributed by atoms with Gasteiger partial charge in [0.2, 0.25) is 11.8 Å². The Morgan fingerprint density at radius 3 is 2.86 bits per heavy atom. The molecule has 2 aliphatic rings. The van der Waals surface area contributed by atoms with E-state index < -0.39 is 18.1 Å². The van der Waals surface area contributed by atoms with Gasteiger partial charge in [0.15, 0.2) is 5.76 Å². The molecule has 0 aliphatic carbocycles. The van der Waals surface area contributed by atoms with Gasteiger partial charge in [0, 0.05) is 6.54 Å². The first-order chi connectivity index (χ1) is 10.5. The Labute approximate surface area is 128 Å². The lowest BCUT2D eigenvalue weighted by atomic mass is 9.97. The van der Waals surface area contributed by atoms with Gasteiger partial charge in [-0.15, -0.1) is 0 Å². The van der Waals surface area contributed by atoms with Crippen LogP contribution in [0.5, 0.6) is 0 Å². The normalized spacial score (nSPS) is 27.8. The molecule has 118 valence electrons. The maximum atomic E-state index is 12.4. The largest absolute Gasteiger partial charge is 0.459 e. The molecule has 2 N–H and O–H groups in total. The molecule has 3 heterocycles. The van der Waals surface area contributed by atoms with Crippen LogP contribution in [0.15, 0.2) is 22.8 Å². The summed E-state index contributed by atoms with van der Waals surface area (Å²) in [6, 6.07) is 1.67. The number of nitrogens with one attached hydrogen (secondary N) is 2. The van der Waals surface area contributed by atoms with Crippen molar-refractivity contribution in [1.82, 2.24) is 15.5 Å². The number of nitrogens with zero attached hydrogens (tertiary/aromatic N) is 1. The Balaban J connectivity index is 1.74. The molecular formula is C15H19N3O4. The van der Waals surface area contributed by atoms with E-state index in [1.54, 1.807) is 17.0 Å². The molecule has 2 aliphatic heterocycles. The molecule has 22 heavy (non-hydrogen) atoms. The second-order valence-electron chi connectivity index (χ2n) is 6.05. The Morgan fingerprint density at radius 1 is 1.45 bits per heavy atom. The van der Waals surface area contributed by atoms with Gasteiger partial charge < -0.3 is 20.0 Å². The molecule has 3 rings (SSSR count). The first-order valence-corrected chi connectivity index (χ1v) is 7.44. The minimum absolute atomic E-state index is 0.0363. The van der Waals surface area contributed by atoms with Crippen LogP contribution < -0.4 is 10.6 Å². The lowest BCUT2D eigenvalue weighted by molar-refractivity contribution is -0.148. The molecular weight excluding hydrogens is 286 g/mol. The van der Waals surface area contributed by atoms with Gasteiger partial charge in [0.05, 0.1) is 12.3 Å². The van der Waals surface area contributed by atoms with Crippen molar-refractivity contribution >= 4 is 17.7 Å². The first kappa shape index (κ1) is 14.6. The Morgan fingerprint density at radius 2 is 2.23 bits per heavy atom. The highest BCUT2D eigenvalue weighted by molar-refractivity contribution is 5.99. The van der Waals surface area contributed by atoms with Crippen molar-refractivity contribution in [3.8, 4) is 0 Å². The fraction of sp³-hybridized carbons (Fsp3) is 0.533. The van der Waals surface area contributed by atoms with E-state index in [1.165, 1.54) is 6.26 Å². The molecule has 3 amide bonds. The summed E-state index contributed by atoms with van der Waals surface area (Å²) < 4.78 is 5.04. The predicted molar refractivity (Wildman–Crippen MR) is 76.8 cm³/mol. The van der Waals surface area contributed by atoms with Crippen molar-refractivity contribution in [2.45, 2.75) is 38.4 Å². The van der Waals surface area contributed by atoms with E-state index in [0.717, 1.165) is 0 Å². The van der Waals surface area contributed by atoms with Crippen molar-refractivity contribution in [2.24, 2.45) is 5.92 Å². The third-order valence-corrected chi connectivity index (χ3v) is 4.24. The highest BCUT2D eigenvalue weighted by Crippen LogP contribution is 2.25. The zero-order chi connectivity index (χ0) is 15.9. The quantitative estimate of drug-likeness (QED) is 0.830. The van der Waals surface area contributed by atoms with E-state index in [2.05, 4.69) is 10.6 Å². The average molecular weight is 305 g/mol. The highest BCUT2D eigenvalue weighted by Gasteiger charge is 2.49. The molecule has 2 fully saturated rings. The molecule has 2 saturated heterocycles. The average Bonchev–Trinajstić information content (AvgIpc) is 3.12. The highest BCUT2D eigenvalue weighted by atomic mass is 16.3. The zero-order valence-electron chi connectivity index (χ0n) is 12.5. The summed E-state index contributed by atoms with van der Waals surface area (Å²) in [5.74, 6) is -0.423. The van der Waals surface area contributed by atoms with E-state index in [4.69, 9.17) is 4.42 Å². The summed E-state index contributed by atoms with van der Waals surface area (Å²) in [5, 5.41) is 5.56. The number of furan rings is 1. The number of amides is 3. The van der Waals surface area contributed by atoms with Gasteiger partial charge in [0.25, 0.3) is 5.91 Å². The number of carbonyl (C=O) groups excluding carboxylic acids is 3. The minimum atomic E-state index is -0.638. The number of piperazine rings is 1. The van der Waals surface area contributed by atoms with Gasteiger partial charge in [-0.25, -0.2) is 0 Å². The number of hydrogen-bond donors (Lipinski definition) is 2. The van der Waals surface area contributed by atoms with Gasteiger partial charge in [-0.3, -0.25) is 14.4 Å². The fourth-order valence-corrected chi connectivity index (χ4v) is 3.09. The fourth-order valence-electron chi connectivity index (χ4n) is 3.09. The topological polar surface area (TPSA) is 91.7 Å². The molecule has 3 atom stereocenters. The monoisotopic (exact) mass is 305 g/mol. The van der Waals surface area contributed by atoms with Gasteiger partial charge in [-0.05, 0) is 24.5 Å². The van der Waals surface area contributed by atoms with Crippen LogP contribution in [0.3, 0.4) is 0 Å². The van der Waals surface area contributed by atoms with Crippen molar-refractivity contribution in [1.29, 1.82) is 0 Å². The second kappa shape index (κ2) is 5.47. The molecule has 1 aromatic rings. The van der Waals surface area contributed by atoms with E-state index in [9.17, 15) is 14.4 Å². The lowest BCUT2D eigenvalue weighted by Crippen LogP contribution is -2.66. The molecule has 0 spiro atoms. The molecule has 1 aromatic heterocycles. The smallest absolute Gasteiger partial charge is 0.287 e. The second-order valence-corrected chi connectivity index (χ2v) is 6.05. The Bertz CT molecular complexity index is 596. The SMILES string of the molecule is CC(C)C1NC(=O)C2C(NC(=O)c3ccco3)CCN2C1=O. The Kier molecular flexibility index (Phi) is 3.64. The van der Waals surface area contributed by atoms with Crippen molar-refractivity contribution in [2.75, 3.05) is 6.54 Å². The van der Waals surface area contributed by atoms with Crippen molar-refractivity contribution in [3.63, 3.8) is 0 Å². The third-order valence-electron chi connectivity index (χ3n) is 4.24. The summed E-state index contributed by atoms with van der Waals surface area (Å²) in [6.07, 6.45) is 1.97. The van der Waals surface area contributed by atoms with E-state index in [0.29, 0.717) is 13.0 Å². The standard InChI is InChI=1S/C15H19N3O4/c1-8(2)11-15(21)18-6-5-9(12(18)14(20)17-11)16-13(19)10-4-3-7-22-10/h3-4,7-9,11-12H,5-6H2,1-2H3,(H,16,19)(H,17,20). The van der Waals surface area contributed by atoms with E-state index in [1.807, 2.05) is 13.8 Å².